The number of hydrogen-bond donors (Lipinski definition) is 1. The number of rotatable bonds is 5. The summed E-state index contributed by atoms with van der Waals surface area (Å²) in [5, 5.41) is 3.26. The lowest BCUT2D eigenvalue weighted by Gasteiger charge is -2.24. The van der Waals surface area contributed by atoms with E-state index in [9.17, 15) is 4.79 Å². The van der Waals surface area contributed by atoms with Gasteiger partial charge in [0.2, 0.25) is 0 Å². The number of hydrogen-bond acceptors (Lipinski definition) is 4. The standard InChI is InChI=1S/C14H27NO3/c1-6-12-11(7-8-17-12)9-15-10(2)13(16)18-14(3,4)5/h10-12,15H,6-9H2,1-5H3. The molecule has 0 saturated carbocycles. The van der Waals surface area contributed by atoms with Gasteiger partial charge < -0.3 is 14.8 Å². The van der Waals surface area contributed by atoms with Crippen molar-refractivity contribution >= 4 is 5.97 Å². The maximum absolute atomic E-state index is 11.8. The molecule has 4 nitrogen and oxygen atoms in total. The van der Waals surface area contributed by atoms with Crippen LogP contribution in [0.2, 0.25) is 0 Å². The van der Waals surface area contributed by atoms with Gasteiger partial charge in [-0.1, -0.05) is 6.92 Å². The van der Waals surface area contributed by atoms with Crippen molar-refractivity contribution < 1.29 is 14.3 Å². The average Bonchev–Trinajstić information content (AvgIpc) is 2.70. The van der Waals surface area contributed by atoms with Gasteiger partial charge in [0.1, 0.15) is 11.6 Å². The number of carbonyl (C=O) groups is 1. The van der Waals surface area contributed by atoms with E-state index in [1.54, 1.807) is 0 Å². The Kier molecular flexibility index (Phi) is 5.60. The molecule has 0 amide bonds. The van der Waals surface area contributed by atoms with E-state index in [-0.39, 0.29) is 12.0 Å². The van der Waals surface area contributed by atoms with E-state index >= 15 is 0 Å². The monoisotopic (exact) mass is 257 g/mol. The van der Waals surface area contributed by atoms with E-state index < -0.39 is 5.60 Å². The molecule has 1 rings (SSSR count). The lowest BCUT2D eigenvalue weighted by Crippen LogP contribution is -2.42. The lowest BCUT2D eigenvalue weighted by molar-refractivity contribution is -0.157. The summed E-state index contributed by atoms with van der Waals surface area (Å²) in [5.74, 6) is 0.328. The SMILES string of the molecule is CCC1OCCC1CNC(C)C(=O)OC(C)(C)C. The fourth-order valence-electron chi connectivity index (χ4n) is 2.18. The van der Waals surface area contributed by atoms with Crippen molar-refractivity contribution in [1.29, 1.82) is 0 Å². The van der Waals surface area contributed by atoms with Crippen LogP contribution in [0, 0.1) is 5.92 Å². The molecule has 1 fully saturated rings. The normalized spacial score (nSPS) is 26.1. The van der Waals surface area contributed by atoms with E-state index in [4.69, 9.17) is 9.47 Å². The summed E-state index contributed by atoms with van der Waals surface area (Å²) in [6.45, 7) is 11.3. The Morgan fingerprint density at radius 1 is 1.50 bits per heavy atom. The second-order valence-electron chi connectivity index (χ2n) is 6.03. The number of esters is 1. The third-order valence-electron chi connectivity index (χ3n) is 3.20. The minimum absolute atomic E-state index is 0.186. The smallest absolute Gasteiger partial charge is 0.323 e. The maximum atomic E-state index is 11.8. The van der Waals surface area contributed by atoms with E-state index in [1.807, 2.05) is 27.7 Å². The number of nitrogens with one attached hydrogen (secondary N) is 1. The molecule has 0 bridgehead atoms. The van der Waals surface area contributed by atoms with Crippen LogP contribution in [-0.2, 0) is 14.3 Å². The summed E-state index contributed by atoms with van der Waals surface area (Å²) in [4.78, 5) is 11.8. The molecule has 1 saturated heterocycles. The van der Waals surface area contributed by atoms with Crippen LogP contribution >= 0.6 is 0 Å². The van der Waals surface area contributed by atoms with Crippen LogP contribution < -0.4 is 5.32 Å². The Labute approximate surface area is 110 Å². The largest absolute Gasteiger partial charge is 0.459 e. The molecule has 1 heterocycles. The van der Waals surface area contributed by atoms with E-state index in [1.165, 1.54) is 0 Å². The van der Waals surface area contributed by atoms with Gasteiger partial charge in [-0.2, -0.15) is 0 Å². The molecule has 18 heavy (non-hydrogen) atoms. The molecular formula is C14H27NO3. The molecule has 1 aliphatic heterocycles. The Bertz CT molecular complexity index is 273. The minimum atomic E-state index is -0.421. The van der Waals surface area contributed by atoms with E-state index in [2.05, 4.69) is 12.2 Å². The highest BCUT2D eigenvalue weighted by Crippen LogP contribution is 2.22. The molecule has 1 aliphatic rings. The van der Waals surface area contributed by atoms with Crippen LogP contribution in [0.3, 0.4) is 0 Å². The summed E-state index contributed by atoms with van der Waals surface area (Å²) in [7, 11) is 0. The summed E-state index contributed by atoms with van der Waals surface area (Å²) in [6.07, 6.45) is 2.45. The zero-order chi connectivity index (χ0) is 13.8. The van der Waals surface area contributed by atoms with Crippen molar-refractivity contribution in [1.82, 2.24) is 5.32 Å². The quantitative estimate of drug-likeness (QED) is 0.766. The van der Waals surface area contributed by atoms with Crippen LogP contribution in [-0.4, -0.2) is 36.9 Å². The van der Waals surface area contributed by atoms with Gasteiger partial charge in [-0.15, -0.1) is 0 Å². The zero-order valence-corrected chi connectivity index (χ0v) is 12.3. The summed E-state index contributed by atoms with van der Waals surface area (Å²) < 4.78 is 11.0. The van der Waals surface area contributed by atoms with Gasteiger partial charge in [0.05, 0.1) is 6.10 Å². The maximum Gasteiger partial charge on any atom is 0.323 e. The van der Waals surface area contributed by atoms with Crippen LogP contribution in [0.15, 0.2) is 0 Å². The first kappa shape index (κ1) is 15.4. The highest BCUT2D eigenvalue weighted by molar-refractivity contribution is 5.75. The van der Waals surface area contributed by atoms with Gasteiger partial charge in [-0.25, -0.2) is 0 Å². The minimum Gasteiger partial charge on any atom is -0.459 e. The summed E-state index contributed by atoms with van der Waals surface area (Å²) in [6, 6.07) is -0.262. The summed E-state index contributed by atoms with van der Waals surface area (Å²) in [5.41, 5.74) is -0.421. The highest BCUT2D eigenvalue weighted by atomic mass is 16.6. The van der Waals surface area contributed by atoms with Gasteiger partial charge in [-0.05, 0) is 46.5 Å². The number of carbonyl (C=O) groups excluding carboxylic acids is 1. The molecule has 4 heteroatoms. The third kappa shape index (κ3) is 4.94. The first-order valence-corrected chi connectivity index (χ1v) is 6.91. The fraction of sp³-hybridized carbons (Fsp3) is 0.929. The Balaban J connectivity index is 2.32. The van der Waals surface area contributed by atoms with Gasteiger partial charge in [0, 0.05) is 13.2 Å². The predicted octanol–water partition coefficient (Wildman–Crippen LogP) is 2.12. The van der Waals surface area contributed by atoms with Crippen LogP contribution in [0.1, 0.15) is 47.5 Å². The highest BCUT2D eigenvalue weighted by Gasteiger charge is 2.28. The second kappa shape index (κ2) is 6.53. The van der Waals surface area contributed by atoms with Gasteiger partial charge in [-0.3, -0.25) is 4.79 Å². The van der Waals surface area contributed by atoms with Crippen molar-refractivity contribution in [2.75, 3.05) is 13.2 Å². The van der Waals surface area contributed by atoms with Crippen LogP contribution in [0.5, 0.6) is 0 Å². The summed E-state index contributed by atoms with van der Waals surface area (Å²) >= 11 is 0. The molecule has 3 unspecified atom stereocenters. The van der Waals surface area contributed by atoms with Gasteiger partial charge in [0.25, 0.3) is 0 Å². The molecule has 0 aromatic rings. The molecule has 0 radical (unpaired) electrons. The van der Waals surface area contributed by atoms with Gasteiger partial charge in [0.15, 0.2) is 0 Å². The fourth-order valence-corrected chi connectivity index (χ4v) is 2.18. The van der Waals surface area contributed by atoms with E-state index in [0.717, 1.165) is 26.0 Å². The molecule has 0 spiro atoms. The molecule has 3 atom stereocenters. The van der Waals surface area contributed by atoms with Gasteiger partial charge >= 0.3 is 5.97 Å². The van der Waals surface area contributed by atoms with Crippen molar-refractivity contribution in [3.63, 3.8) is 0 Å². The van der Waals surface area contributed by atoms with Crippen molar-refractivity contribution in [2.45, 2.75) is 65.2 Å². The average molecular weight is 257 g/mol. The topological polar surface area (TPSA) is 47.6 Å². The molecule has 106 valence electrons. The first-order chi connectivity index (χ1) is 8.33. The third-order valence-corrected chi connectivity index (χ3v) is 3.20. The lowest BCUT2D eigenvalue weighted by atomic mass is 9.99. The first-order valence-electron chi connectivity index (χ1n) is 6.91. The van der Waals surface area contributed by atoms with Crippen LogP contribution in [0.25, 0.3) is 0 Å². The molecular weight excluding hydrogens is 230 g/mol. The van der Waals surface area contributed by atoms with Crippen molar-refractivity contribution in [2.24, 2.45) is 5.92 Å². The Morgan fingerprint density at radius 3 is 2.72 bits per heavy atom. The zero-order valence-electron chi connectivity index (χ0n) is 12.3. The van der Waals surface area contributed by atoms with E-state index in [0.29, 0.717) is 12.0 Å². The number of ether oxygens (including phenoxy) is 2. The van der Waals surface area contributed by atoms with Crippen molar-refractivity contribution in [3.8, 4) is 0 Å². The molecule has 1 N–H and O–H groups in total. The molecule has 0 aliphatic carbocycles. The van der Waals surface area contributed by atoms with Crippen molar-refractivity contribution in [3.05, 3.63) is 0 Å². The molecule has 0 aromatic heterocycles. The second-order valence-corrected chi connectivity index (χ2v) is 6.03. The Morgan fingerprint density at radius 2 is 2.17 bits per heavy atom. The molecule has 0 aromatic carbocycles. The van der Waals surface area contributed by atoms with Crippen LogP contribution in [0.4, 0.5) is 0 Å². The Hall–Kier alpha value is -0.610. The predicted molar refractivity (Wildman–Crippen MR) is 71.4 cm³/mol.